The van der Waals surface area contributed by atoms with Crippen molar-refractivity contribution < 1.29 is 27.5 Å². The summed E-state index contributed by atoms with van der Waals surface area (Å²) in [5.74, 6) is -1.02. The Labute approximate surface area is 198 Å². The topological polar surface area (TPSA) is 115 Å². The SMILES string of the molecule is CCc1nc2ccccc2c(C(=O)OCC(=O)Nc2cc(S(=O)(=O)N(C)C)ccc2OC)c1C. The molecule has 0 saturated carbocycles. The van der Waals surface area contributed by atoms with E-state index in [0.29, 0.717) is 28.5 Å². The zero-order valence-electron chi connectivity index (χ0n) is 19.7. The number of para-hydroxylation sites is 1. The van der Waals surface area contributed by atoms with E-state index in [9.17, 15) is 18.0 Å². The summed E-state index contributed by atoms with van der Waals surface area (Å²) >= 11 is 0. The monoisotopic (exact) mass is 485 g/mol. The third-order valence-corrected chi connectivity index (χ3v) is 7.14. The highest BCUT2D eigenvalue weighted by atomic mass is 32.2. The first-order valence-electron chi connectivity index (χ1n) is 10.6. The number of nitrogens with one attached hydrogen (secondary N) is 1. The van der Waals surface area contributed by atoms with E-state index >= 15 is 0 Å². The summed E-state index contributed by atoms with van der Waals surface area (Å²) in [7, 11) is 0.495. The summed E-state index contributed by atoms with van der Waals surface area (Å²) in [4.78, 5) is 30.1. The third-order valence-electron chi connectivity index (χ3n) is 5.33. The third kappa shape index (κ3) is 5.02. The standard InChI is InChI=1S/C24H27N3O6S/c1-6-18-15(2)23(17-9-7-8-10-19(17)25-18)24(29)33-14-22(28)26-20-13-16(11-12-21(20)32-5)34(30,31)27(3)4/h7-13H,6,14H2,1-5H3,(H,26,28). The summed E-state index contributed by atoms with van der Waals surface area (Å²) in [6.45, 7) is 3.19. The number of carbonyl (C=O) groups is 2. The van der Waals surface area contributed by atoms with Crippen LogP contribution in [-0.4, -0.2) is 57.4 Å². The van der Waals surface area contributed by atoms with Crippen molar-refractivity contribution in [2.45, 2.75) is 25.2 Å². The molecule has 0 aliphatic heterocycles. The van der Waals surface area contributed by atoms with Gasteiger partial charge < -0.3 is 14.8 Å². The minimum absolute atomic E-state index is 0.0171. The van der Waals surface area contributed by atoms with Crippen LogP contribution < -0.4 is 10.1 Å². The highest BCUT2D eigenvalue weighted by Gasteiger charge is 2.22. The minimum atomic E-state index is -3.72. The van der Waals surface area contributed by atoms with E-state index in [4.69, 9.17) is 9.47 Å². The number of aromatic nitrogens is 1. The van der Waals surface area contributed by atoms with E-state index in [-0.39, 0.29) is 16.3 Å². The molecule has 1 heterocycles. The maximum Gasteiger partial charge on any atom is 0.339 e. The average molecular weight is 486 g/mol. The fraction of sp³-hybridized carbons (Fsp3) is 0.292. The Morgan fingerprint density at radius 1 is 1.12 bits per heavy atom. The van der Waals surface area contributed by atoms with Gasteiger partial charge in [-0.3, -0.25) is 9.78 Å². The number of hydrogen-bond donors (Lipinski definition) is 1. The second-order valence-corrected chi connectivity index (χ2v) is 9.85. The second kappa shape index (κ2) is 10.2. The predicted molar refractivity (Wildman–Crippen MR) is 129 cm³/mol. The number of carbonyl (C=O) groups excluding carboxylic acids is 2. The Morgan fingerprint density at radius 2 is 1.82 bits per heavy atom. The Bertz CT molecular complexity index is 1350. The van der Waals surface area contributed by atoms with Crippen LogP contribution in [0.25, 0.3) is 10.9 Å². The molecule has 0 unspecified atom stereocenters. The minimum Gasteiger partial charge on any atom is -0.495 e. The van der Waals surface area contributed by atoms with Crippen molar-refractivity contribution in [3.63, 3.8) is 0 Å². The van der Waals surface area contributed by atoms with Crippen molar-refractivity contribution in [2.75, 3.05) is 33.1 Å². The first-order chi connectivity index (χ1) is 16.1. The Morgan fingerprint density at radius 3 is 2.47 bits per heavy atom. The van der Waals surface area contributed by atoms with Gasteiger partial charge in [0.05, 0.1) is 28.8 Å². The van der Waals surface area contributed by atoms with Gasteiger partial charge in [-0.1, -0.05) is 25.1 Å². The van der Waals surface area contributed by atoms with Crippen LogP contribution in [0.15, 0.2) is 47.4 Å². The molecule has 0 bridgehead atoms. The molecule has 0 spiro atoms. The van der Waals surface area contributed by atoms with Crippen molar-refractivity contribution in [3.8, 4) is 5.75 Å². The number of ether oxygens (including phenoxy) is 2. The lowest BCUT2D eigenvalue weighted by Crippen LogP contribution is -2.24. The number of pyridine rings is 1. The highest BCUT2D eigenvalue weighted by Crippen LogP contribution is 2.29. The summed E-state index contributed by atoms with van der Waals surface area (Å²) in [6, 6.07) is 11.4. The molecule has 1 N–H and O–H groups in total. The Balaban J connectivity index is 1.81. The van der Waals surface area contributed by atoms with E-state index in [2.05, 4.69) is 10.3 Å². The Hall–Kier alpha value is -3.50. The molecule has 9 nitrogen and oxygen atoms in total. The van der Waals surface area contributed by atoms with Gasteiger partial charge in [-0.15, -0.1) is 0 Å². The lowest BCUT2D eigenvalue weighted by Gasteiger charge is -2.16. The molecule has 0 saturated heterocycles. The van der Waals surface area contributed by atoms with Gasteiger partial charge in [-0.2, -0.15) is 0 Å². The predicted octanol–water partition coefficient (Wildman–Crippen LogP) is 3.16. The van der Waals surface area contributed by atoms with Crippen LogP contribution >= 0.6 is 0 Å². The first kappa shape index (κ1) is 25.1. The molecule has 3 rings (SSSR count). The number of amides is 1. The number of anilines is 1. The molecule has 0 aliphatic rings. The molecule has 0 radical (unpaired) electrons. The molecular formula is C24H27N3O6S. The maximum absolute atomic E-state index is 12.9. The van der Waals surface area contributed by atoms with Crippen molar-refractivity contribution in [1.29, 1.82) is 0 Å². The summed E-state index contributed by atoms with van der Waals surface area (Å²) < 4.78 is 36.5. The molecule has 1 aromatic heterocycles. The van der Waals surface area contributed by atoms with Gasteiger partial charge in [-0.05, 0) is 43.2 Å². The van der Waals surface area contributed by atoms with Gasteiger partial charge in [0.1, 0.15) is 5.75 Å². The Kier molecular flexibility index (Phi) is 7.53. The molecule has 180 valence electrons. The van der Waals surface area contributed by atoms with Crippen LogP contribution in [-0.2, 0) is 26.0 Å². The molecule has 3 aromatic rings. The molecule has 34 heavy (non-hydrogen) atoms. The fourth-order valence-electron chi connectivity index (χ4n) is 3.51. The maximum atomic E-state index is 12.9. The van der Waals surface area contributed by atoms with Gasteiger partial charge in [-0.25, -0.2) is 17.5 Å². The van der Waals surface area contributed by atoms with Crippen LogP contribution in [0.3, 0.4) is 0 Å². The average Bonchev–Trinajstić information content (AvgIpc) is 2.81. The normalized spacial score (nSPS) is 11.5. The number of rotatable bonds is 8. The number of methoxy groups -OCH3 is 1. The first-order valence-corrected chi connectivity index (χ1v) is 12.0. The number of benzene rings is 2. The summed E-state index contributed by atoms with van der Waals surface area (Å²) in [5, 5.41) is 3.20. The lowest BCUT2D eigenvalue weighted by atomic mass is 10.0. The number of sulfonamides is 1. The van der Waals surface area contributed by atoms with Gasteiger partial charge >= 0.3 is 5.97 Å². The van der Waals surface area contributed by atoms with Crippen LogP contribution in [0.5, 0.6) is 5.75 Å². The quantitative estimate of drug-likeness (QED) is 0.487. The van der Waals surface area contributed by atoms with Gasteiger partial charge in [0.2, 0.25) is 10.0 Å². The molecule has 10 heteroatoms. The van der Waals surface area contributed by atoms with Crippen LogP contribution in [0, 0.1) is 6.92 Å². The number of aryl methyl sites for hydroxylation is 1. The van der Waals surface area contributed by atoms with Crippen molar-refractivity contribution in [2.24, 2.45) is 0 Å². The number of fused-ring (bicyclic) bond motifs is 1. The zero-order chi connectivity index (χ0) is 25.0. The van der Waals surface area contributed by atoms with Crippen molar-refractivity contribution >= 4 is 38.5 Å². The molecule has 2 aromatic carbocycles. The number of nitrogens with zero attached hydrogens (tertiary/aromatic N) is 2. The highest BCUT2D eigenvalue weighted by molar-refractivity contribution is 7.89. The van der Waals surface area contributed by atoms with Gasteiger partial charge in [0, 0.05) is 25.2 Å². The number of hydrogen-bond acceptors (Lipinski definition) is 7. The van der Waals surface area contributed by atoms with E-state index < -0.39 is 28.5 Å². The summed E-state index contributed by atoms with van der Waals surface area (Å²) in [5.41, 5.74) is 2.66. The van der Waals surface area contributed by atoms with E-state index in [1.54, 1.807) is 19.1 Å². The molecule has 0 fully saturated rings. The van der Waals surface area contributed by atoms with Crippen molar-refractivity contribution in [1.82, 2.24) is 9.29 Å². The molecule has 0 aliphatic carbocycles. The summed E-state index contributed by atoms with van der Waals surface area (Å²) in [6.07, 6.45) is 0.642. The van der Waals surface area contributed by atoms with Gasteiger partial charge in [0.15, 0.2) is 6.61 Å². The molecule has 1 amide bonds. The van der Waals surface area contributed by atoms with Crippen LogP contribution in [0.4, 0.5) is 5.69 Å². The smallest absolute Gasteiger partial charge is 0.339 e. The van der Waals surface area contributed by atoms with Crippen molar-refractivity contribution in [3.05, 3.63) is 59.3 Å². The number of esters is 1. The van der Waals surface area contributed by atoms with E-state index in [0.717, 1.165) is 10.00 Å². The van der Waals surface area contributed by atoms with Crippen LogP contribution in [0.1, 0.15) is 28.5 Å². The second-order valence-electron chi connectivity index (χ2n) is 7.70. The van der Waals surface area contributed by atoms with Gasteiger partial charge in [0.25, 0.3) is 5.91 Å². The molecule has 0 atom stereocenters. The lowest BCUT2D eigenvalue weighted by molar-refractivity contribution is -0.119. The van der Waals surface area contributed by atoms with E-state index in [1.807, 2.05) is 19.1 Å². The zero-order valence-corrected chi connectivity index (χ0v) is 20.5. The fourth-order valence-corrected chi connectivity index (χ4v) is 4.44. The van der Waals surface area contributed by atoms with Crippen LogP contribution in [0.2, 0.25) is 0 Å². The largest absolute Gasteiger partial charge is 0.495 e. The van der Waals surface area contributed by atoms with E-state index in [1.165, 1.54) is 39.4 Å². The molecular weight excluding hydrogens is 458 g/mol.